The van der Waals surface area contributed by atoms with Gasteiger partial charge in [0.05, 0.1) is 56.4 Å². The molecule has 1 radical (unpaired) electrons. The Morgan fingerprint density at radius 3 is 1.09 bits per heavy atom. The summed E-state index contributed by atoms with van der Waals surface area (Å²) in [5.41, 5.74) is 15.9. The fourth-order valence-electron chi connectivity index (χ4n) is 10.6. The van der Waals surface area contributed by atoms with Gasteiger partial charge in [-0.1, -0.05) is 153 Å². The second-order valence-electron chi connectivity index (χ2n) is 18.6. The van der Waals surface area contributed by atoms with Gasteiger partial charge < -0.3 is 23.4 Å². The maximum Gasteiger partial charge on any atom is 0.569 e. The summed E-state index contributed by atoms with van der Waals surface area (Å²) in [6, 6.07) is 92.0. The molecule has 0 aliphatic carbocycles. The van der Waals surface area contributed by atoms with Crippen molar-refractivity contribution in [1.82, 2.24) is 13.7 Å². The summed E-state index contributed by atoms with van der Waals surface area (Å²) in [6.07, 6.45) is 0. The smallest absolute Gasteiger partial charge is 0.537 e. The van der Waals surface area contributed by atoms with E-state index in [2.05, 4.69) is 215 Å². The first-order chi connectivity index (χ1) is 38.4. The van der Waals surface area contributed by atoms with Crippen LogP contribution in [0.4, 0.5) is 0 Å². The lowest BCUT2D eigenvalue weighted by molar-refractivity contribution is 0.454. The Morgan fingerprint density at radius 1 is 0.346 bits per heavy atom. The molecule has 3 aromatic heterocycles. The summed E-state index contributed by atoms with van der Waals surface area (Å²) in [7, 11) is 0.706. The minimum absolute atomic E-state index is 0. The van der Waals surface area contributed by atoms with Crippen LogP contribution in [0.3, 0.4) is 0 Å². The Labute approximate surface area is 478 Å². The topological polar surface area (TPSA) is 91.8 Å². The third-order valence-corrected chi connectivity index (χ3v) is 14.9. The lowest BCUT2D eigenvalue weighted by Gasteiger charge is -2.10. The first kappa shape index (κ1) is 49.5. The second kappa shape index (κ2) is 21.7. The summed E-state index contributed by atoms with van der Waals surface area (Å²) in [5, 5.41) is 34.5. The van der Waals surface area contributed by atoms with Crippen molar-refractivity contribution in [2.24, 2.45) is 0 Å². The molecular formula is C68H57BBr2N5O2. The second-order valence-corrected chi connectivity index (χ2v) is 20.4. The van der Waals surface area contributed by atoms with Crippen LogP contribution in [-0.4, -0.2) is 26.4 Å². The minimum Gasteiger partial charge on any atom is -0.537 e. The van der Waals surface area contributed by atoms with Crippen molar-refractivity contribution in [1.29, 1.82) is 10.5 Å². The zero-order valence-electron chi connectivity index (χ0n) is 41.7. The molecule has 14 aromatic rings. The van der Waals surface area contributed by atoms with E-state index in [1.54, 1.807) is 12.1 Å². The Bertz CT molecular complexity index is 4470. The molecule has 1 N–H and O–H groups in total. The zero-order valence-corrected chi connectivity index (χ0v) is 44.8. The SMILES string of the molecule is N#Cc1cc(-c2ccc3c(c2)c2ccccc2n3-c2ccccc2)cc(-c2ccc3c(c2)c2ccccc2n3-c2ccccc2)c1.N#Cc1cc(Br)cc(Br)c1.O[B]Oc1ccc2c(c1)c1ccccc1n2-c1ccccc1.[HH].[HH].[HH].[HH].[HH].[HH].[HH]. The highest BCUT2D eigenvalue weighted by molar-refractivity contribution is 9.11. The predicted octanol–water partition coefficient (Wildman–Crippen LogP) is 19.6. The molecule has 78 heavy (non-hydrogen) atoms. The minimum atomic E-state index is 0. The molecule has 0 unspecified atom stereocenters. The molecule has 7 nitrogen and oxygen atoms in total. The van der Waals surface area contributed by atoms with Gasteiger partial charge in [0.25, 0.3) is 0 Å². The van der Waals surface area contributed by atoms with E-state index in [1.807, 2.05) is 84.9 Å². The van der Waals surface area contributed by atoms with Crippen LogP contribution in [0, 0.1) is 22.7 Å². The molecule has 0 saturated carbocycles. The van der Waals surface area contributed by atoms with E-state index in [0.717, 1.165) is 81.1 Å². The van der Waals surface area contributed by atoms with E-state index in [1.165, 1.54) is 32.6 Å². The molecule has 383 valence electrons. The molecule has 14 rings (SSSR count). The van der Waals surface area contributed by atoms with Crippen LogP contribution in [0.25, 0.3) is 105 Å². The van der Waals surface area contributed by atoms with Gasteiger partial charge in [-0.15, -0.1) is 0 Å². The van der Waals surface area contributed by atoms with Crippen LogP contribution in [0.1, 0.15) is 21.1 Å². The maximum atomic E-state index is 10.1. The molecule has 0 aliphatic rings. The first-order valence-corrected chi connectivity index (χ1v) is 26.8. The third kappa shape index (κ3) is 9.51. The summed E-state index contributed by atoms with van der Waals surface area (Å²) in [4.78, 5) is 0. The van der Waals surface area contributed by atoms with Crippen LogP contribution >= 0.6 is 31.9 Å². The van der Waals surface area contributed by atoms with Gasteiger partial charge in [0, 0.05) is 68.3 Å². The summed E-state index contributed by atoms with van der Waals surface area (Å²) in [6.45, 7) is 0. The standard InChI is InChI=1S/C43H27N3.C18H13BNO2.C7H3Br2N.7H2/c44-28-29-23-32(30-19-21-42-38(26-30)36-15-7-9-17-40(36)45(42)34-11-3-1-4-12-34)25-33(24-29)31-20-22-43-39(27-31)37-16-8-10-18-41(37)46(43)35-13-5-2-6-14-35;21-19-22-14-10-11-18-16(12-14)15-8-4-5-9-17(15)20(18)13-6-2-1-3-7-13;8-6-1-5(4-10)2-7(9)3-6;;;;;;;/h1-27H;1-12,21H;1-3H;7*1H. The van der Waals surface area contributed by atoms with Crippen molar-refractivity contribution >= 4 is 105 Å². The molecule has 0 amide bonds. The summed E-state index contributed by atoms with van der Waals surface area (Å²) in [5.74, 6) is 0.617. The van der Waals surface area contributed by atoms with E-state index < -0.39 is 0 Å². The van der Waals surface area contributed by atoms with Crippen LogP contribution in [0.15, 0.2) is 264 Å². The third-order valence-electron chi connectivity index (χ3n) is 13.9. The molecule has 0 aliphatic heterocycles. The van der Waals surface area contributed by atoms with E-state index in [0.29, 0.717) is 24.6 Å². The van der Waals surface area contributed by atoms with E-state index in [-0.39, 0.29) is 9.99 Å². The Hall–Kier alpha value is -9.42. The molecule has 11 aromatic carbocycles. The fraction of sp³-hybridized carbons (Fsp3) is 0. The number of nitrogens with zero attached hydrogens (tertiary/aromatic N) is 5. The Kier molecular flexibility index (Phi) is 13.7. The molecule has 0 bridgehead atoms. The highest BCUT2D eigenvalue weighted by atomic mass is 79.9. The highest BCUT2D eigenvalue weighted by Crippen LogP contribution is 2.39. The average molecular weight is 1150 g/mol. The number of hydrogen-bond acceptors (Lipinski definition) is 4. The van der Waals surface area contributed by atoms with Crippen molar-refractivity contribution in [2.75, 3.05) is 0 Å². The number of nitriles is 2. The fourth-order valence-corrected chi connectivity index (χ4v) is 11.9. The number of benzene rings is 11. The van der Waals surface area contributed by atoms with E-state index >= 15 is 0 Å². The zero-order chi connectivity index (χ0) is 53.1. The maximum absolute atomic E-state index is 10.1. The van der Waals surface area contributed by atoms with Crippen molar-refractivity contribution < 1.29 is 19.7 Å². The van der Waals surface area contributed by atoms with Crippen LogP contribution in [-0.2, 0) is 0 Å². The summed E-state index contributed by atoms with van der Waals surface area (Å²) < 4.78 is 13.8. The number of halogens is 2. The molecular weight excluding hydrogens is 1090 g/mol. The number of fused-ring (bicyclic) bond motifs is 9. The molecule has 10 heteroatoms. The van der Waals surface area contributed by atoms with Gasteiger partial charge in [0.15, 0.2) is 0 Å². The Morgan fingerprint density at radius 2 is 0.692 bits per heavy atom. The first-order valence-electron chi connectivity index (χ1n) is 25.2. The highest BCUT2D eigenvalue weighted by Gasteiger charge is 2.17. The van der Waals surface area contributed by atoms with Gasteiger partial charge in [0.1, 0.15) is 5.75 Å². The molecule has 0 fully saturated rings. The van der Waals surface area contributed by atoms with Gasteiger partial charge in [-0.05, 0) is 156 Å². The van der Waals surface area contributed by atoms with Crippen LogP contribution in [0.5, 0.6) is 5.75 Å². The number of hydrogen-bond donors (Lipinski definition) is 1. The lowest BCUT2D eigenvalue weighted by atomic mass is 9.95. The lowest BCUT2D eigenvalue weighted by Crippen LogP contribution is -1.99. The van der Waals surface area contributed by atoms with Crippen LogP contribution < -0.4 is 4.65 Å². The average Bonchev–Trinajstić information content (AvgIpc) is 1.80. The Balaban J connectivity index is 0.000000284. The quantitative estimate of drug-likeness (QED) is 0.161. The van der Waals surface area contributed by atoms with Crippen molar-refractivity contribution in [2.45, 2.75) is 0 Å². The monoisotopic (exact) mass is 1140 g/mol. The number of aromatic nitrogens is 3. The summed E-state index contributed by atoms with van der Waals surface area (Å²) >= 11 is 6.55. The van der Waals surface area contributed by atoms with Gasteiger partial charge in [0.2, 0.25) is 0 Å². The van der Waals surface area contributed by atoms with Crippen molar-refractivity contribution in [3.05, 3.63) is 275 Å². The largest absolute Gasteiger partial charge is 0.569 e. The van der Waals surface area contributed by atoms with E-state index in [4.69, 9.17) is 14.9 Å². The molecule has 0 atom stereocenters. The molecule has 3 heterocycles. The van der Waals surface area contributed by atoms with Gasteiger partial charge in [-0.25, -0.2) is 0 Å². The molecule has 0 spiro atoms. The number of para-hydroxylation sites is 6. The normalized spacial score (nSPS) is 11.0. The molecule has 0 saturated heterocycles. The van der Waals surface area contributed by atoms with Crippen LogP contribution in [0.2, 0.25) is 0 Å². The van der Waals surface area contributed by atoms with Crippen molar-refractivity contribution in [3.63, 3.8) is 0 Å². The van der Waals surface area contributed by atoms with Crippen molar-refractivity contribution in [3.8, 4) is 57.2 Å². The van der Waals surface area contributed by atoms with Gasteiger partial charge in [-0.3, -0.25) is 0 Å². The van der Waals surface area contributed by atoms with E-state index in [9.17, 15) is 5.26 Å². The van der Waals surface area contributed by atoms with Gasteiger partial charge in [-0.2, -0.15) is 10.5 Å². The number of rotatable bonds is 7. The van der Waals surface area contributed by atoms with Gasteiger partial charge >= 0.3 is 7.69 Å². The predicted molar refractivity (Wildman–Crippen MR) is 341 cm³/mol.